The summed E-state index contributed by atoms with van der Waals surface area (Å²) >= 11 is 1.58. The van der Waals surface area contributed by atoms with Gasteiger partial charge in [0.2, 0.25) is 11.9 Å². The van der Waals surface area contributed by atoms with Gasteiger partial charge in [0.15, 0.2) is 0 Å². The molecule has 0 fully saturated rings. The fourth-order valence-corrected chi connectivity index (χ4v) is 2.49. The van der Waals surface area contributed by atoms with Crippen molar-refractivity contribution in [3.63, 3.8) is 0 Å². The van der Waals surface area contributed by atoms with Crippen molar-refractivity contribution in [2.75, 3.05) is 30.8 Å². The van der Waals surface area contributed by atoms with Crippen molar-refractivity contribution in [1.29, 1.82) is 0 Å². The largest absolute Gasteiger partial charge is 0.369 e. The zero-order chi connectivity index (χ0) is 14.4. The third kappa shape index (κ3) is 3.57. The number of aromatic nitrogens is 2. The number of fused-ring (bicyclic) bond motifs is 1. The predicted molar refractivity (Wildman–Crippen MR) is 83.4 cm³/mol. The van der Waals surface area contributed by atoms with Crippen molar-refractivity contribution < 1.29 is 4.79 Å². The van der Waals surface area contributed by atoms with Gasteiger partial charge in [-0.15, -0.1) is 11.3 Å². The Hall–Kier alpha value is -1.89. The van der Waals surface area contributed by atoms with Crippen LogP contribution in [0.1, 0.15) is 19.8 Å². The number of amides is 1. The molecule has 0 atom stereocenters. The summed E-state index contributed by atoms with van der Waals surface area (Å²) in [5.74, 6) is 1.42. The first kappa shape index (κ1) is 14.5. The van der Waals surface area contributed by atoms with Gasteiger partial charge in [-0.25, -0.2) is 4.98 Å². The average molecular weight is 293 g/mol. The molecule has 0 saturated heterocycles. The van der Waals surface area contributed by atoms with Gasteiger partial charge in [0.25, 0.3) is 0 Å². The summed E-state index contributed by atoms with van der Waals surface area (Å²) in [6.45, 7) is 3.49. The molecule has 6 nitrogen and oxygen atoms in total. The predicted octanol–water partition coefficient (Wildman–Crippen LogP) is 2.06. The fraction of sp³-hybridized carbons (Fsp3) is 0.462. The van der Waals surface area contributed by atoms with Gasteiger partial charge in [-0.2, -0.15) is 4.98 Å². The summed E-state index contributed by atoms with van der Waals surface area (Å²) in [7, 11) is 1.64. The van der Waals surface area contributed by atoms with Crippen LogP contribution in [0.2, 0.25) is 0 Å². The second kappa shape index (κ2) is 7.04. The van der Waals surface area contributed by atoms with Crippen molar-refractivity contribution in [3.05, 3.63) is 11.4 Å². The molecule has 3 N–H and O–H groups in total. The molecule has 0 aromatic carbocycles. The monoisotopic (exact) mass is 293 g/mol. The number of nitrogens with one attached hydrogen (secondary N) is 3. The molecule has 0 aliphatic heterocycles. The maximum absolute atomic E-state index is 11.2. The summed E-state index contributed by atoms with van der Waals surface area (Å²) in [6.07, 6.45) is 1.44. The van der Waals surface area contributed by atoms with Crippen LogP contribution < -0.4 is 16.0 Å². The molecule has 0 radical (unpaired) electrons. The molecular formula is C13H19N5OS. The molecule has 0 saturated carbocycles. The molecule has 7 heteroatoms. The van der Waals surface area contributed by atoms with Crippen LogP contribution >= 0.6 is 11.3 Å². The van der Waals surface area contributed by atoms with Crippen molar-refractivity contribution in [2.45, 2.75) is 19.8 Å². The Morgan fingerprint density at radius 1 is 1.30 bits per heavy atom. The quantitative estimate of drug-likeness (QED) is 0.728. The SMILES string of the molecule is CCCNc1nc(NCCC(=O)NC)c2ccsc2n1. The van der Waals surface area contributed by atoms with Crippen molar-refractivity contribution in [2.24, 2.45) is 0 Å². The summed E-state index contributed by atoms with van der Waals surface area (Å²) in [5, 5.41) is 12.0. The second-order valence-electron chi connectivity index (χ2n) is 4.31. The highest BCUT2D eigenvalue weighted by Crippen LogP contribution is 2.26. The summed E-state index contributed by atoms with van der Waals surface area (Å²) in [5.41, 5.74) is 0. The molecule has 108 valence electrons. The maximum atomic E-state index is 11.2. The third-order valence-corrected chi connectivity index (χ3v) is 3.59. The van der Waals surface area contributed by atoms with Crippen LogP contribution in [0, 0.1) is 0 Å². The molecular weight excluding hydrogens is 274 g/mol. The van der Waals surface area contributed by atoms with Crippen LogP contribution in [-0.4, -0.2) is 36.0 Å². The van der Waals surface area contributed by atoms with Crippen LogP contribution in [0.3, 0.4) is 0 Å². The number of hydrogen-bond acceptors (Lipinski definition) is 6. The number of thiophene rings is 1. The van der Waals surface area contributed by atoms with Gasteiger partial charge in [-0.3, -0.25) is 4.79 Å². The van der Waals surface area contributed by atoms with E-state index < -0.39 is 0 Å². The van der Waals surface area contributed by atoms with E-state index in [-0.39, 0.29) is 5.91 Å². The Morgan fingerprint density at radius 3 is 2.90 bits per heavy atom. The molecule has 0 unspecified atom stereocenters. The van der Waals surface area contributed by atoms with Crippen LogP contribution in [0.25, 0.3) is 10.2 Å². The van der Waals surface area contributed by atoms with E-state index in [1.165, 1.54) is 0 Å². The number of hydrogen-bond donors (Lipinski definition) is 3. The van der Waals surface area contributed by atoms with Crippen LogP contribution in [0.4, 0.5) is 11.8 Å². The molecule has 0 aliphatic rings. The number of anilines is 2. The average Bonchev–Trinajstić information content (AvgIpc) is 2.93. The molecule has 2 rings (SSSR count). The van der Waals surface area contributed by atoms with Crippen molar-refractivity contribution >= 4 is 39.2 Å². The van der Waals surface area contributed by atoms with Gasteiger partial charge in [-0.05, 0) is 17.9 Å². The molecule has 2 aromatic rings. The highest BCUT2D eigenvalue weighted by molar-refractivity contribution is 7.16. The van der Waals surface area contributed by atoms with Crippen molar-refractivity contribution in [3.8, 4) is 0 Å². The van der Waals surface area contributed by atoms with Gasteiger partial charge in [0, 0.05) is 26.6 Å². The zero-order valence-electron chi connectivity index (χ0n) is 11.7. The smallest absolute Gasteiger partial charge is 0.226 e. The maximum Gasteiger partial charge on any atom is 0.226 e. The molecule has 20 heavy (non-hydrogen) atoms. The molecule has 2 heterocycles. The van der Waals surface area contributed by atoms with E-state index in [9.17, 15) is 4.79 Å². The Morgan fingerprint density at radius 2 is 2.15 bits per heavy atom. The minimum atomic E-state index is 0.0115. The van der Waals surface area contributed by atoms with Crippen molar-refractivity contribution in [1.82, 2.24) is 15.3 Å². The van der Waals surface area contributed by atoms with Gasteiger partial charge < -0.3 is 16.0 Å². The van der Waals surface area contributed by atoms with Gasteiger partial charge in [0.05, 0.1) is 5.39 Å². The number of rotatable bonds is 7. The summed E-state index contributed by atoms with van der Waals surface area (Å²) in [4.78, 5) is 21.1. The highest BCUT2D eigenvalue weighted by atomic mass is 32.1. The second-order valence-corrected chi connectivity index (χ2v) is 5.21. The van der Waals surface area contributed by atoms with Crippen LogP contribution in [-0.2, 0) is 4.79 Å². The first-order valence-electron chi connectivity index (χ1n) is 6.68. The zero-order valence-corrected chi connectivity index (χ0v) is 12.5. The minimum absolute atomic E-state index is 0.0115. The third-order valence-electron chi connectivity index (χ3n) is 2.78. The van der Waals surface area contributed by atoms with Crippen LogP contribution in [0.5, 0.6) is 0 Å². The molecule has 1 amide bonds. The lowest BCUT2D eigenvalue weighted by Gasteiger charge is -2.09. The first-order valence-corrected chi connectivity index (χ1v) is 7.56. The Kier molecular flexibility index (Phi) is 5.11. The fourth-order valence-electron chi connectivity index (χ4n) is 1.73. The van der Waals surface area contributed by atoms with E-state index in [1.54, 1.807) is 18.4 Å². The van der Waals surface area contributed by atoms with E-state index in [0.29, 0.717) is 18.9 Å². The van der Waals surface area contributed by atoms with E-state index in [0.717, 1.165) is 29.0 Å². The minimum Gasteiger partial charge on any atom is -0.369 e. The summed E-state index contributed by atoms with van der Waals surface area (Å²) in [6, 6.07) is 1.99. The van der Waals surface area contributed by atoms with E-state index >= 15 is 0 Å². The molecule has 0 bridgehead atoms. The lowest BCUT2D eigenvalue weighted by molar-refractivity contribution is -0.120. The molecule has 0 aliphatic carbocycles. The molecule has 0 spiro atoms. The lowest BCUT2D eigenvalue weighted by atomic mass is 10.3. The standard InChI is InChI=1S/C13H19N5OS/c1-3-6-16-13-17-11(15-7-4-10(19)14-2)9-5-8-20-12(9)18-13/h5,8H,3-4,6-7H2,1-2H3,(H,14,19)(H2,15,16,17,18). The normalized spacial score (nSPS) is 10.5. The van der Waals surface area contributed by atoms with Crippen LogP contribution in [0.15, 0.2) is 11.4 Å². The van der Waals surface area contributed by atoms with E-state index in [1.807, 2.05) is 11.4 Å². The highest BCUT2D eigenvalue weighted by Gasteiger charge is 2.08. The summed E-state index contributed by atoms with van der Waals surface area (Å²) < 4.78 is 0. The Labute approximate surface area is 122 Å². The lowest BCUT2D eigenvalue weighted by Crippen LogP contribution is -2.21. The van der Waals surface area contributed by atoms with Gasteiger partial charge in [-0.1, -0.05) is 6.92 Å². The topological polar surface area (TPSA) is 78.9 Å². The first-order chi connectivity index (χ1) is 9.74. The van der Waals surface area contributed by atoms with E-state index in [2.05, 4.69) is 32.8 Å². The van der Waals surface area contributed by atoms with Gasteiger partial charge in [0.1, 0.15) is 10.6 Å². The number of carbonyl (C=O) groups is 1. The Balaban J connectivity index is 2.12. The molecule has 2 aromatic heterocycles. The van der Waals surface area contributed by atoms with E-state index in [4.69, 9.17) is 0 Å². The Bertz CT molecular complexity index is 583. The number of nitrogens with zero attached hydrogens (tertiary/aromatic N) is 2. The number of carbonyl (C=O) groups excluding carboxylic acids is 1. The van der Waals surface area contributed by atoms with Gasteiger partial charge >= 0.3 is 0 Å².